The Labute approximate surface area is 105 Å². The number of carbonyl (C=O) groups excluding carboxylic acids is 2. The molecule has 0 radical (unpaired) electrons. The number of benzene rings is 1. The predicted octanol–water partition coefficient (Wildman–Crippen LogP) is 1.07. The van der Waals surface area contributed by atoms with E-state index in [-0.39, 0.29) is 23.8 Å². The number of anilines is 1. The van der Waals surface area contributed by atoms with E-state index in [1.165, 1.54) is 7.11 Å². The van der Waals surface area contributed by atoms with Gasteiger partial charge >= 0.3 is 5.97 Å². The molecule has 3 N–H and O–H groups in total. The van der Waals surface area contributed by atoms with Crippen LogP contribution in [0.1, 0.15) is 22.3 Å². The van der Waals surface area contributed by atoms with E-state index in [9.17, 15) is 9.59 Å². The van der Waals surface area contributed by atoms with Crippen molar-refractivity contribution >= 4 is 17.6 Å². The van der Waals surface area contributed by atoms with Crippen LogP contribution in [-0.4, -0.2) is 25.0 Å². The Hall–Kier alpha value is -1.88. The molecule has 0 bridgehead atoms. The van der Waals surface area contributed by atoms with E-state index in [1.807, 2.05) is 6.92 Å². The van der Waals surface area contributed by atoms with Crippen molar-refractivity contribution in [2.45, 2.75) is 19.4 Å². The Bertz CT molecular complexity index is 499. The van der Waals surface area contributed by atoms with Crippen molar-refractivity contribution in [3.05, 3.63) is 29.3 Å². The van der Waals surface area contributed by atoms with Crippen LogP contribution < -0.4 is 11.1 Å². The molecule has 1 fully saturated rings. The van der Waals surface area contributed by atoms with Crippen molar-refractivity contribution in [2.24, 2.45) is 11.7 Å². The first-order valence-electron chi connectivity index (χ1n) is 5.78. The normalized spacial score (nSPS) is 21.3. The molecule has 5 nitrogen and oxygen atoms in total. The lowest BCUT2D eigenvalue weighted by Gasteiger charge is -2.09. The summed E-state index contributed by atoms with van der Waals surface area (Å²) >= 11 is 0. The van der Waals surface area contributed by atoms with Gasteiger partial charge in [0.25, 0.3) is 0 Å². The second-order valence-corrected chi connectivity index (χ2v) is 4.52. The second kappa shape index (κ2) is 4.78. The van der Waals surface area contributed by atoms with Crippen LogP contribution in [0.2, 0.25) is 0 Å². The maximum atomic E-state index is 11.7. The third-order valence-electron chi connectivity index (χ3n) is 3.08. The number of rotatable bonds is 3. The van der Waals surface area contributed by atoms with Gasteiger partial charge in [0.15, 0.2) is 0 Å². The topological polar surface area (TPSA) is 81.4 Å². The Morgan fingerprint density at radius 2 is 2.11 bits per heavy atom. The highest BCUT2D eigenvalue weighted by Crippen LogP contribution is 2.29. The molecule has 0 aliphatic heterocycles. The molecule has 0 spiro atoms. The smallest absolute Gasteiger partial charge is 0.337 e. The summed E-state index contributed by atoms with van der Waals surface area (Å²) in [6.07, 6.45) is 0.741. The van der Waals surface area contributed by atoms with Crippen LogP contribution >= 0.6 is 0 Å². The third kappa shape index (κ3) is 2.51. The van der Waals surface area contributed by atoms with Gasteiger partial charge < -0.3 is 15.8 Å². The molecule has 1 aromatic carbocycles. The number of esters is 1. The Balaban J connectivity index is 2.10. The summed E-state index contributed by atoms with van der Waals surface area (Å²) in [6.45, 7) is 1.83. The summed E-state index contributed by atoms with van der Waals surface area (Å²) in [6, 6.07) is 5.00. The number of hydrogen-bond donors (Lipinski definition) is 2. The first-order chi connectivity index (χ1) is 8.52. The van der Waals surface area contributed by atoms with Crippen molar-refractivity contribution in [1.29, 1.82) is 0 Å². The lowest BCUT2D eigenvalue weighted by atomic mass is 10.1. The number of amides is 1. The Morgan fingerprint density at radius 1 is 1.44 bits per heavy atom. The highest BCUT2D eigenvalue weighted by Gasteiger charge is 2.40. The highest BCUT2D eigenvalue weighted by molar-refractivity contribution is 5.96. The molecule has 2 atom stereocenters. The molecule has 1 aliphatic rings. The Morgan fingerprint density at radius 3 is 2.61 bits per heavy atom. The monoisotopic (exact) mass is 248 g/mol. The molecule has 5 heteroatoms. The van der Waals surface area contributed by atoms with Crippen molar-refractivity contribution in [2.75, 3.05) is 12.4 Å². The minimum Gasteiger partial charge on any atom is -0.465 e. The van der Waals surface area contributed by atoms with Crippen LogP contribution in [0.15, 0.2) is 18.2 Å². The lowest BCUT2D eigenvalue weighted by Crippen LogP contribution is -2.19. The minimum absolute atomic E-state index is 0.0142. The van der Waals surface area contributed by atoms with Gasteiger partial charge in [-0.1, -0.05) is 0 Å². The molecular weight excluding hydrogens is 232 g/mol. The first kappa shape index (κ1) is 12.6. The molecule has 2 unspecified atom stereocenters. The third-order valence-corrected chi connectivity index (χ3v) is 3.08. The molecule has 0 saturated heterocycles. The molecular formula is C13H16N2O3. The van der Waals surface area contributed by atoms with Gasteiger partial charge in [0, 0.05) is 11.7 Å². The van der Waals surface area contributed by atoms with Crippen LogP contribution in [0.5, 0.6) is 0 Å². The number of carbonyl (C=O) groups is 2. The fourth-order valence-electron chi connectivity index (χ4n) is 1.79. The largest absolute Gasteiger partial charge is 0.465 e. The summed E-state index contributed by atoms with van der Waals surface area (Å²) in [4.78, 5) is 23.1. The number of nitrogens with one attached hydrogen (secondary N) is 1. The fourth-order valence-corrected chi connectivity index (χ4v) is 1.79. The van der Waals surface area contributed by atoms with Gasteiger partial charge in [0.1, 0.15) is 0 Å². The van der Waals surface area contributed by atoms with Crippen molar-refractivity contribution in [3.8, 4) is 0 Å². The summed E-state index contributed by atoms with van der Waals surface area (Å²) in [5.74, 6) is -0.527. The van der Waals surface area contributed by atoms with E-state index >= 15 is 0 Å². The van der Waals surface area contributed by atoms with Crippen LogP contribution in [0, 0.1) is 12.8 Å². The van der Waals surface area contributed by atoms with Crippen LogP contribution in [0.25, 0.3) is 0 Å². The molecule has 18 heavy (non-hydrogen) atoms. The molecule has 0 aromatic heterocycles. The fraction of sp³-hybridized carbons (Fsp3) is 0.385. The molecule has 0 heterocycles. The number of methoxy groups -OCH3 is 1. The van der Waals surface area contributed by atoms with Crippen molar-refractivity contribution < 1.29 is 14.3 Å². The maximum absolute atomic E-state index is 11.7. The van der Waals surface area contributed by atoms with Gasteiger partial charge in [0.05, 0.1) is 18.6 Å². The zero-order chi connectivity index (χ0) is 13.3. The van der Waals surface area contributed by atoms with Crippen LogP contribution in [0.3, 0.4) is 0 Å². The predicted molar refractivity (Wildman–Crippen MR) is 67.2 cm³/mol. The quantitative estimate of drug-likeness (QED) is 0.784. The first-order valence-corrected chi connectivity index (χ1v) is 5.78. The SMILES string of the molecule is COC(=O)c1ccc(NC(=O)C2CC2N)c(C)c1. The van der Waals surface area contributed by atoms with Gasteiger partial charge in [-0.15, -0.1) is 0 Å². The summed E-state index contributed by atoms with van der Waals surface area (Å²) in [5.41, 5.74) is 7.61. The van der Waals surface area contributed by atoms with Gasteiger partial charge in [-0.25, -0.2) is 4.79 Å². The number of nitrogens with two attached hydrogens (primary N) is 1. The van der Waals surface area contributed by atoms with Crippen molar-refractivity contribution in [3.63, 3.8) is 0 Å². The standard InChI is InChI=1S/C13H16N2O3/c1-7-5-8(13(17)18-2)3-4-11(7)15-12(16)9-6-10(9)14/h3-5,9-10H,6,14H2,1-2H3,(H,15,16). The Kier molecular flexibility index (Phi) is 3.34. The number of aryl methyl sites for hydroxylation is 1. The van der Waals surface area contributed by atoms with E-state index < -0.39 is 0 Å². The molecule has 1 amide bonds. The summed E-state index contributed by atoms with van der Waals surface area (Å²) in [7, 11) is 1.34. The van der Waals surface area contributed by atoms with E-state index in [0.29, 0.717) is 11.3 Å². The van der Waals surface area contributed by atoms with Gasteiger partial charge in [0.2, 0.25) is 5.91 Å². The maximum Gasteiger partial charge on any atom is 0.337 e. The summed E-state index contributed by atoms with van der Waals surface area (Å²) in [5, 5.41) is 2.82. The molecule has 1 aliphatic carbocycles. The van der Waals surface area contributed by atoms with Gasteiger partial charge in [-0.3, -0.25) is 4.79 Å². The zero-order valence-corrected chi connectivity index (χ0v) is 10.4. The van der Waals surface area contributed by atoms with Crippen molar-refractivity contribution in [1.82, 2.24) is 0 Å². The average Bonchev–Trinajstić information content (AvgIpc) is 3.08. The minimum atomic E-state index is -0.389. The number of ether oxygens (including phenoxy) is 1. The van der Waals surface area contributed by atoms with E-state index in [0.717, 1.165) is 12.0 Å². The second-order valence-electron chi connectivity index (χ2n) is 4.52. The average molecular weight is 248 g/mol. The zero-order valence-electron chi connectivity index (χ0n) is 10.4. The molecule has 1 aromatic rings. The van der Waals surface area contributed by atoms with E-state index in [4.69, 9.17) is 5.73 Å². The van der Waals surface area contributed by atoms with E-state index in [2.05, 4.69) is 10.1 Å². The molecule has 1 saturated carbocycles. The summed E-state index contributed by atoms with van der Waals surface area (Å²) < 4.78 is 4.63. The van der Waals surface area contributed by atoms with Crippen LogP contribution in [-0.2, 0) is 9.53 Å². The number of hydrogen-bond acceptors (Lipinski definition) is 4. The molecule has 96 valence electrons. The lowest BCUT2D eigenvalue weighted by molar-refractivity contribution is -0.117. The van der Waals surface area contributed by atoms with Gasteiger partial charge in [-0.2, -0.15) is 0 Å². The molecule has 2 rings (SSSR count). The van der Waals surface area contributed by atoms with Crippen LogP contribution in [0.4, 0.5) is 5.69 Å². The highest BCUT2D eigenvalue weighted by atomic mass is 16.5. The van der Waals surface area contributed by atoms with Gasteiger partial charge in [-0.05, 0) is 37.1 Å². The van der Waals surface area contributed by atoms with E-state index in [1.54, 1.807) is 18.2 Å².